The van der Waals surface area contributed by atoms with Gasteiger partial charge in [-0.3, -0.25) is 4.57 Å². The summed E-state index contributed by atoms with van der Waals surface area (Å²) in [4.78, 5) is 12.6. The fourth-order valence-corrected chi connectivity index (χ4v) is 8.09. The van der Waals surface area contributed by atoms with Crippen molar-refractivity contribution in [3.05, 3.63) is 169 Å². The fraction of sp³-hybridized carbons (Fsp3) is 0.0870. The van der Waals surface area contributed by atoms with Gasteiger partial charge in [0.15, 0.2) is 0 Å². The normalized spacial score (nSPS) is 13.4. The van der Waals surface area contributed by atoms with Gasteiger partial charge in [0.2, 0.25) is 0 Å². The maximum Gasteiger partial charge on any atom is 0.147 e. The van der Waals surface area contributed by atoms with Crippen LogP contribution in [0.1, 0.15) is 25.0 Å². The van der Waals surface area contributed by atoms with Gasteiger partial charge in [-0.15, -0.1) is 0 Å². The number of para-hydroxylation sites is 5. The first kappa shape index (κ1) is 30.2. The number of pyridine rings is 1. The Morgan fingerprint density at radius 2 is 1.31 bits per heavy atom. The second-order valence-corrected chi connectivity index (χ2v) is 14.0. The highest BCUT2D eigenvalue weighted by Crippen LogP contribution is 2.55. The Kier molecular flexibility index (Phi) is 6.64. The summed E-state index contributed by atoms with van der Waals surface area (Å²) in [6, 6.07) is 52.7. The highest BCUT2D eigenvalue weighted by atomic mass is 16.5. The zero-order valence-electron chi connectivity index (χ0n) is 29.2. The number of anilines is 3. The molecule has 1 aliphatic heterocycles. The molecule has 0 fully saturated rings. The molecule has 6 heteroatoms. The number of fused-ring (bicyclic) bond motifs is 7. The lowest BCUT2D eigenvalue weighted by atomic mass is 9.73. The predicted molar refractivity (Wildman–Crippen MR) is 212 cm³/mol. The third-order valence-electron chi connectivity index (χ3n) is 10.6. The molecular formula is C46H35N5O. The highest BCUT2D eigenvalue weighted by Gasteiger charge is 2.39. The Balaban J connectivity index is 1.12. The maximum absolute atomic E-state index is 6.57. The predicted octanol–water partition coefficient (Wildman–Crippen LogP) is 11.6. The molecule has 0 saturated carbocycles. The van der Waals surface area contributed by atoms with Gasteiger partial charge in [-0.25, -0.2) is 9.97 Å². The topological polar surface area (TPSA) is 48.1 Å². The van der Waals surface area contributed by atoms with Crippen LogP contribution in [-0.4, -0.2) is 19.1 Å². The van der Waals surface area contributed by atoms with Crippen molar-refractivity contribution in [3.8, 4) is 28.6 Å². The van der Waals surface area contributed by atoms with Crippen molar-refractivity contribution < 1.29 is 4.74 Å². The zero-order chi connectivity index (χ0) is 35.0. The molecule has 52 heavy (non-hydrogen) atoms. The van der Waals surface area contributed by atoms with Gasteiger partial charge in [-0.1, -0.05) is 98.8 Å². The first-order valence-electron chi connectivity index (χ1n) is 17.6. The van der Waals surface area contributed by atoms with Crippen LogP contribution in [0.15, 0.2) is 158 Å². The van der Waals surface area contributed by atoms with E-state index < -0.39 is 0 Å². The lowest BCUT2D eigenvalue weighted by Crippen LogP contribution is -2.31. The second kappa shape index (κ2) is 11.4. The smallest absolute Gasteiger partial charge is 0.147 e. The number of hydrogen-bond acceptors (Lipinski definition) is 4. The monoisotopic (exact) mass is 673 g/mol. The average Bonchev–Trinajstić information content (AvgIpc) is 3.70. The standard InChI is InChI=1S/C46H35N5O/c1-46(2)36-22-8-11-25-40(36)50(31-16-5-4-6-17-31)43-37(46)29-47-45-42(43)35-21-7-10-24-39(35)51(45)32-18-14-20-34(28-32)52-33-19-13-15-30(27-33)44-48-38-23-9-12-26-41(38)49(44)3/h4-29H,1-3H3. The first-order chi connectivity index (χ1) is 25.5. The minimum absolute atomic E-state index is 0.258. The Morgan fingerprint density at radius 3 is 2.15 bits per heavy atom. The number of aryl methyl sites for hydroxylation is 1. The van der Waals surface area contributed by atoms with Crippen molar-refractivity contribution in [1.29, 1.82) is 0 Å². The van der Waals surface area contributed by atoms with E-state index in [0.29, 0.717) is 0 Å². The fourth-order valence-electron chi connectivity index (χ4n) is 8.09. The minimum Gasteiger partial charge on any atom is -0.457 e. The van der Waals surface area contributed by atoms with Gasteiger partial charge in [-0.05, 0) is 66.2 Å². The van der Waals surface area contributed by atoms with Gasteiger partial charge < -0.3 is 14.2 Å². The number of ether oxygens (including phenoxy) is 1. The highest BCUT2D eigenvalue weighted by molar-refractivity contribution is 6.17. The van der Waals surface area contributed by atoms with Crippen LogP contribution < -0.4 is 9.64 Å². The molecule has 0 radical (unpaired) electrons. The number of rotatable bonds is 5. The van der Waals surface area contributed by atoms with E-state index in [4.69, 9.17) is 14.7 Å². The molecule has 0 aliphatic carbocycles. The third kappa shape index (κ3) is 4.50. The molecule has 0 amide bonds. The molecular weight excluding hydrogens is 639 g/mol. The molecule has 3 aromatic heterocycles. The molecule has 0 unspecified atom stereocenters. The number of hydrogen-bond donors (Lipinski definition) is 0. The molecule has 0 N–H and O–H groups in total. The van der Waals surface area contributed by atoms with E-state index in [9.17, 15) is 0 Å². The Bertz CT molecular complexity index is 2830. The maximum atomic E-state index is 6.57. The molecule has 0 atom stereocenters. The van der Waals surface area contributed by atoms with Crippen LogP contribution in [0.2, 0.25) is 0 Å². The summed E-state index contributed by atoms with van der Waals surface area (Å²) in [5, 5.41) is 2.28. The molecule has 250 valence electrons. The van der Waals surface area contributed by atoms with Crippen molar-refractivity contribution in [2.45, 2.75) is 19.3 Å². The van der Waals surface area contributed by atoms with Crippen LogP contribution in [0.4, 0.5) is 17.1 Å². The summed E-state index contributed by atoms with van der Waals surface area (Å²) in [5.74, 6) is 2.38. The molecule has 1 aliphatic rings. The first-order valence-corrected chi connectivity index (χ1v) is 17.6. The Hall–Kier alpha value is -6.66. The van der Waals surface area contributed by atoms with Crippen LogP contribution >= 0.6 is 0 Å². The number of aromatic nitrogens is 4. The quantitative estimate of drug-likeness (QED) is 0.182. The molecule has 0 saturated heterocycles. The van der Waals surface area contributed by atoms with Crippen molar-refractivity contribution >= 4 is 50.0 Å². The second-order valence-electron chi connectivity index (χ2n) is 14.0. The van der Waals surface area contributed by atoms with E-state index in [1.54, 1.807) is 0 Å². The van der Waals surface area contributed by atoms with E-state index >= 15 is 0 Å². The lowest BCUT2D eigenvalue weighted by molar-refractivity contribution is 0.482. The average molecular weight is 674 g/mol. The van der Waals surface area contributed by atoms with Crippen LogP contribution in [-0.2, 0) is 12.5 Å². The van der Waals surface area contributed by atoms with Gasteiger partial charge >= 0.3 is 0 Å². The van der Waals surface area contributed by atoms with Crippen LogP contribution in [0, 0.1) is 0 Å². The van der Waals surface area contributed by atoms with E-state index in [0.717, 1.165) is 67.2 Å². The summed E-state index contributed by atoms with van der Waals surface area (Å²) < 4.78 is 11.0. The SMILES string of the molecule is Cn1c(-c2cccc(Oc3cccc(-n4c5ccccc5c5c6c(cnc54)C(C)(C)c4ccccc4N6c4ccccc4)c3)c2)nc2ccccc21. The van der Waals surface area contributed by atoms with Crippen molar-refractivity contribution in [2.75, 3.05) is 4.90 Å². The van der Waals surface area contributed by atoms with Gasteiger partial charge in [0, 0.05) is 46.9 Å². The van der Waals surface area contributed by atoms with Gasteiger partial charge in [0.05, 0.1) is 39.0 Å². The Morgan fingerprint density at radius 1 is 0.615 bits per heavy atom. The number of benzene rings is 6. The molecule has 0 spiro atoms. The summed E-state index contributed by atoms with van der Waals surface area (Å²) in [7, 11) is 2.05. The van der Waals surface area contributed by atoms with Gasteiger partial charge in [0.25, 0.3) is 0 Å². The summed E-state index contributed by atoms with van der Waals surface area (Å²) in [6.07, 6.45) is 2.09. The molecule has 0 bridgehead atoms. The van der Waals surface area contributed by atoms with E-state index in [1.165, 1.54) is 22.5 Å². The van der Waals surface area contributed by atoms with Gasteiger partial charge in [0.1, 0.15) is 23.0 Å². The molecule has 10 rings (SSSR count). The summed E-state index contributed by atoms with van der Waals surface area (Å²) in [5.41, 5.74) is 11.7. The zero-order valence-corrected chi connectivity index (χ0v) is 29.2. The van der Waals surface area contributed by atoms with Crippen molar-refractivity contribution in [2.24, 2.45) is 7.05 Å². The minimum atomic E-state index is -0.258. The molecule has 9 aromatic rings. The molecule has 6 nitrogen and oxygen atoms in total. The third-order valence-corrected chi connectivity index (χ3v) is 10.6. The summed E-state index contributed by atoms with van der Waals surface area (Å²) >= 11 is 0. The largest absolute Gasteiger partial charge is 0.457 e. The Labute approximate surface area is 301 Å². The van der Waals surface area contributed by atoms with E-state index in [-0.39, 0.29) is 5.41 Å². The molecule has 4 heterocycles. The molecule has 6 aromatic carbocycles. The van der Waals surface area contributed by atoms with E-state index in [1.807, 2.05) is 36.4 Å². The van der Waals surface area contributed by atoms with Crippen molar-refractivity contribution in [1.82, 2.24) is 19.1 Å². The van der Waals surface area contributed by atoms with Crippen LogP contribution in [0.25, 0.3) is 50.0 Å². The lowest BCUT2D eigenvalue weighted by Gasteiger charge is -2.42. The summed E-state index contributed by atoms with van der Waals surface area (Å²) in [6.45, 7) is 4.62. The van der Waals surface area contributed by atoms with E-state index in [2.05, 4.69) is 156 Å². The number of nitrogens with zero attached hydrogens (tertiary/aromatic N) is 5. The van der Waals surface area contributed by atoms with Gasteiger partial charge in [-0.2, -0.15) is 0 Å². The van der Waals surface area contributed by atoms with Crippen molar-refractivity contribution in [3.63, 3.8) is 0 Å². The number of imidazole rings is 1. The van der Waals surface area contributed by atoms with Crippen LogP contribution in [0.5, 0.6) is 11.5 Å². The van der Waals surface area contributed by atoms with Crippen LogP contribution in [0.3, 0.4) is 0 Å².